The maximum absolute atomic E-state index is 12.7. The number of fused-ring (bicyclic) bond motifs is 1. The maximum Gasteiger partial charge on any atom is 0.221 e. The minimum Gasteiger partial charge on any atom is -0.361 e. The third-order valence-corrected chi connectivity index (χ3v) is 5.39. The van der Waals surface area contributed by atoms with Crippen molar-refractivity contribution < 1.29 is 4.79 Å². The normalized spacial score (nSPS) is 17.0. The van der Waals surface area contributed by atoms with Crippen LogP contribution in [-0.4, -0.2) is 21.4 Å². The number of pyridine rings is 1. The highest BCUT2D eigenvalue weighted by Gasteiger charge is 2.34. The van der Waals surface area contributed by atoms with Gasteiger partial charge >= 0.3 is 0 Å². The molecule has 0 bridgehead atoms. The average molecular weight is 333 g/mol. The number of nitrogens with one attached hydrogen (secondary N) is 2. The number of H-pyrrole nitrogens is 1. The molecule has 0 saturated heterocycles. The molecule has 1 saturated carbocycles. The summed E-state index contributed by atoms with van der Waals surface area (Å²) < 4.78 is 0. The van der Waals surface area contributed by atoms with Crippen LogP contribution in [0.1, 0.15) is 49.7 Å². The minimum atomic E-state index is -0.0138. The first-order chi connectivity index (χ1) is 12.1. The van der Waals surface area contributed by atoms with Crippen molar-refractivity contribution in [2.75, 3.05) is 0 Å². The van der Waals surface area contributed by atoms with Crippen LogP contribution in [0.2, 0.25) is 0 Å². The van der Waals surface area contributed by atoms with E-state index in [1.807, 2.05) is 30.5 Å². The minimum absolute atomic E-state index is 0.0138. The molecule has 1 aliphatic rings. The van der Waals surface area contributed by atoms with Gasteiger partial charge in [0.15, 0.2) is 0 Å². The molecule has 1 aliphatic carbocycles. The van der Waals surface area contributed by atoms with E-state index >= 15 is 0 Å². The maximum atomic E-state index is 12.7. The van der Waals surface area contributed by atoms with Crippen LogP contribution < -0.4 is 5.32 Å². The van der Waals surface area contributed by atoms with Gasteiger partial charge in [0, 0.05) is 47.4 Å². The highest BCUT2D eigenvalue weighted by Crippen LogP contribution is 2.35. The third kappa shape index (κ3) is 3.16. The number of amides is 1. The molecule has 1 atom stereocenters. The number of carbonyl (C=O) groups is 1. The zero-order valence-corrected chi connectivity index (χ0v) is 14.5. The van der Waals surface area contributed by atoms with Crippen LogP contribution in [-0.2, 0) is 4.79 Å². The van der Waals surface area contributed by atoms with E-state index in [1.165, 1.54) is 11.8 Å². The fraction of sp³-hybridized carbons (Fsp3) is 0.333. The predicted molar refractivity (Wildman–Crippen MR) is 99.4 cm³/mol. The van der Waals surface area contributed by atoms with Gasteiger partial charge in [-0.05, 0) is 55.5 Å². The van der Waals surface area contributed by atoms with Crippen molar-refractivity contribution in [3.63, 3.8) is 0 Å². The topological polar surface area (TPSA) is 57.8 Å². The van der Waals surface area contributed by atoms with E-state index in [0.717, 1.165) is 29.5 Å². The van der Waals surface area contributed by atoms with Crippen LogP contribution in [0.25, 0.3) is 10.9 Å². The van der Waals surface area contributed by atoms with E-state index in [-0.39, 0.29) is 17.4 Å². The Bertz CT molecular complexity index is 880. The molecule has 4 nitrogen and oxygen atoms in total. The molecule has 0 spiro atoms. The van der Waals surface area contributed by atoms with Gasteiger partial charge in [0.1, 0.15) is 0 Å². The lowest BCUT2D eigenvalue weighted by Crippen LogP contribution is -2.51. The van der Waals surface area contributed by atoms with E-state index < -0.39 is 0 Å². The number of aromatic amines is 1. The number of hydrogen-bond donors (Lipinski definition) is 2. The van der Waals surface area contributed by atoms with Crippen molar-refractivity contribution in [2.24, 2.45) is 0 Å². The molecule has 3 aromatic rings. The van der Waals surface area contributed by atoms with Crippen molar-refractivity contribution in [3.05, 3.63) is 66.1 Å². The van der Waals surface area contributed by atoms with Gasteiger partial charge in [0.2, 0.25) is 5.91 Å². The SMILES string of the molecule is CC1(NC(=O)CC(c2ccncc2)c2c[nH]c3ccccc23)CCC1. The smallest absolute Gasteiger partial charge is 0.221 e. The highest BCUT2D eigenvalue weighted by atomic mass is 16.1. The Kier molecular flexibility index (Phi) is 4.04. The Morgan fingerprint density at radius 3 is 2.72 bits per heavy atom. The molecule has 4 heteroatoms. The molecule has 0 aliphatic heterocycles. The Morgan fingerprint density at radius 1 is 1.24 bits per heavy atom. The summed E-state index contributed by atoms with van der Waals surface area (Å²) >= 11 is 0. The monoisotopic (exact) mass is 333 g/mol. The molecule has 1 unspecified atom stereocenters. The Hall–Kier alpha value is -2.62. The number of rotatable bonds is 5. The Morgan fingerprint density at radius 2 is 2.00 bits per heavy atom. The lowest BCUT2D eigenvalue weighted by Gasteiger charge is -2.39. The largest absolute Gasteiger partial charge is 0.361 e. The van der Waals surface area contributed by atoms with E-state index in [1.54, 1.807) is 12.4 Å². The molecule has 2 aromatic heterocycles. The quantitative estimate of drug-likeness (QED) is 0.737. The second kappa shape index (κ2) is 6.36. The van der Waals surface area contributed by atoms with E-state index in [9.17, 15) is 4.79 Å². The van der Waals surface area contributed by atoms with E-state index in [4.69, 9.17) is 0 Å². The van der Waals surface area contributed by atoms with Gasteiger partial charge < -0.3 is 10.3 Å². The van der Waals surface area contributed by atoms with Crippen molar-refractivity contribution >= 4 is 16.8 Å². The second-order valence-electron chi connectivity index (χ2n) is 7.29. The number of nitrogens with zero attached hydrogens (tertiary/aromatic N) is 1. The first kappa shape index (κ1) is 15.9. The summed E-state index contributed by atoms with van der Waals surface area (Å²) in [6.45, 7) is 2.14. The molecular formula is C21H23N3O. The number of hydrogen-bond acceptors (Lipinski definition) is 2. The second-order valence-corrected chi connectivity index (χ2v) is 7.29. The van der Waals surface area contributed by atoms with Gasteiger partial charge in [-0.3, -0.25) is 9.78 Å². The number of aromatic nitrogens is 2. The van der Waals surface area contributed by atoms with Crippen molar-refractivity contribution in [2.45, 2.75) is 44.1 Å². The van der Waals surface area contributed by atoms with Crippen LogP contribution in [0.4, 0.5) is 0 Å². The van der Waals surface area contributed by atoms with Crippen molar-refractivity contribution in [3.8, 4) is 0 Å². The fourth-order valence-electron chi connectivity index (χ4n) is 3.79. The van der Waals surface area contributed by atoms with Gasteiger partial charge in [-0.2, -0.15) is 0 Å². The first-order valence-corrected chi connectivity index (χ1v) is 8.92. The molecule has 1 amide bonds. The van der Waals surface area contributed by atoms with Gasteiger partial charge in [-0.15, -0.1) is 0 Å². The van der Waals surface area contributed by atoms with Crippen LogP contribution in [0.15, 0.2) is 55.0 Å². The van der Waals surface area contributed by atoms with Gasteiger partial charge in [-0.1, -0.05) is 18.2 Å². The molecule has 2 heterocycles. The molecule has 0 radical (unpaired) electrons. The van der Waals surface area contributed by atoms with Crippen LogP contribution in [0, 0.1) is 0 Å². The Balaban J connectivity index is 1.66. The summed E-state index contributed by atoms with van der Waals surface area (Å²) in [5.41, 5.74) is 3.37. The molecule has 2 N–H and O–H groups in total. The summed E-state index contributed by atoms with van der Waals surface area (Å²) in [4.78, 5) is 20.2. The summed E-state index contributed by atoms with van der Waals surface area (Å²) in [5.74, 6) is 0.136. The average Bonchev–Trinajstić information content (AvgIpc) is 3.03. The van der Waals surface area contributed by atoms with Crippen LogP contribution >= 0.6 is 0 Å². The van der Waals surface area contributed by atoms with E-state index in [2.05, 4.69) is 34.3 Å². The zero-order chi connectivity index (χ0) is 17.3. The standard InChI is InChI=1S/C21H23N3O/c1-21(9-4-10-21)24-20(25)13-17(15-7-11-22-12-8-15)18-14-23-19-6-3-2-5-16(18)19/h2-3,5-8,11-12,14,17,23H,4,9-10,13H2,1H3,(H,24,25). The lowest BCUT2D eigenvalue weighted by molar-refractivity contribution is -0.124. The molecule has 4 rings (SSSR count). The highest BCUT2D eigenvalue weighted by molar-refractivity contribution is 5.86. The molecule has 1 fully saturated rings. The fourth-order valence-corrected chi connectivity index (χ4v) is 3.79. The Labute approximate surface area is 147 Å². The van der Waals surface area contributed by atoms with Gasteiger partial charge in [-0.25, -0.2) is 0 Å². The van der Waals surface area contributed by atoms with Crippen LogP contribution in [0.5, 0.6) is 0 Å². The first-order valence-electron chi connectivity index (χ1n) is 8.92. The molecule has 128 valence electrons. The van der Waals surface area contributed by atoms with E-state index in [0.29, 0.717) is 6.42 Å². The van der Waals surface area contributed by atoms with Crippen molar-refractivity contribution in [1.29, 1.82) is 0 Å². The molecule has 1 aromatic carbocycles. The lowest BCUT2D eigenvalue weighted by atomic mass is 9.78. The number of para-hydroxylation sites is 1. The number of benzene rings is 1. The number of carbonyl (C=O) groups excluding carboxylic acids is 1. The molecular weight excluding hydrogens is 310 g/mol. The van der Waals surface area contributed by atoms with Gasteiger partial charge in [0.05, 0.1) is 0 Å². The van der Waals surface area contributed by atoms with Gasteiger partial charge in [0.25, 0.3) is 0 Å². The summed E-state index contributed by atoms with van der Waals surface area (Å²) in [7, 11) is 0. The summed E-state index contributed by atoms with van der Waals surface area (Å²) in [6.07, 6.45) is 9.42. The molecule has 25 heavy (non-hydrogen) atoms. The summed E-state index contributed by atoms with van der Waals surface area (Å²) in [6, 6.07) is 12.3. The zero-order valence-electron chi connectivity index (χ0n) is 14.5. The van der Waals surface area contributed by atoms with Crippen molar-refractivity contribution in [1.82, 2.24) is 15.3 Å². The third-order valence-electron chi connectivity index (χ3n) is 5.39. The van der Waals surface area contributed by atoms with Crippen LogP contribution in [0.3, 0.4) is 0 Å². The predicted octanol–water partition coefficient (Wildman–Crippen LogP) is 4.14. The summed E-state index contributed by atoms with van der Waals surface area (Å²) in [5, 5.41) is 4.41.